The van der Waals surface area contributed by atoms with Crippen LogP contribution >= 0.6 is 0 Å². The number of anilines is 1. The smallest absolute Gasteiger partial charge is 0.160 e. The molecule has 0 aliphatic rings. The van der Waals surface area contributed by atoms with Gasteiger partial charge in [0.2, 0.25) is 0 Å². The molecule has 2 aromatic carbocycles. The van der Waals surface area contributed by atoms with Crippen molar-refractivity contribution in [2.75, 3.05) is 12.4 Å². The quantitative estimate of drug-likeness (QED) is 0.565. The van der Waals surface area contributed by atoms with E-state index in [4.69, 9.17) is 9.72 Å². The molecule has 0 aliphatic carbocycles. The predicted octanol–water partition coefficient (Wildman–Crippen LogP) is 4.79. The average molecular weight is 346 g/mol. The maximum Gasteiger partial charge on any atom is 0.160 e. The van der Waals surface area contributed by atoms with Crippen LogP contribution in [0.2, 0.25) is 0 Å². The number of hydrogen-bond acceptors (Lipinski definition) is 4. The molecule has 0 saturated carbocycles. The molecule has 5 heteroatoms. The van der Waals surface area contributed by atoms with Crippen LogP contribution in [0.25, 0.3) is 21.9 Å². The minimum atomic E-state index is 0.164. The molecule has 0 fully saturated rings. The zero-order chi connectivity index (χ0) is 18.1. The Morgan fingerprint density at radius 3 is 2.65 bits per heavy atom. The van der Waals surface area contributed by atoms with Gasteiger partial charge in [0, 0.05) is 24.0 Å². The van der Waals surface area contributed by atoms with E-state index < -0.39 is 0 Å². The van der Waals surface area contributed by atoms with Crippen molar-refractivity contribution in [2.45, 2.75) is 26.4 Å². The van der Waals surface area contributed by atoms with Crippen LogP contribution in [-0.4, -0.2) is 21.9 Å². The number of aromatic nitrogens is 3. The van der Waals surface area contributed by atoms with E-state index in [1.165, 1.54) is 5.56 Å². The molecule has 1 atom stereocenters. The van der Waals surface area contributed by atoms with Crippen molar-refractivity contribution in [1.29, 1.82) is 0 Å². The van der Waals surface area contributed by atoms with Gasteiger partial charge in [-0.2, -0.15) is 5.10 Å². The van der Waals surface area contributed by atoms with Gasteiger partial charge in [0.15, 0.2) is 5.65 Å². The summed E-state index contributed by atoms with van der Waals surface area (Å²) in [6, 6.07) is 16.6. The summed E-state index contributed by atoms with van der Waals surface area (Å²) in [7, 11) is 1.67. The Bertz CT molecular complexity index is 1060. The molecule has 2 aromatic heterocycles. The minimum absolute atomic E-state index is 0.164. The lowest BCUT2D eigenvalue weighted by atomic mass is 10.1. The molecular weight excluding hydrogens is 324 g/mol. The van der Waals surface area contributed by atoms with E-state index >= 15 is 0 Å². The van der Waals surface area contributed by atoms with E-state index in [0.29, 0.717) is 0 Å². The number of aryl methyl sites for hydroxylation is 1. The topological polar surface area (TPSA) is 52.0 Å². The van der Waals surface area contributed by atoms with Crippen molar-refractivity contribution in [3.63, 3.8) is 0 Å². The van der Waals surface area contributed by atoms with Crippen molar-refractivity contribution < 1.29 is 4.74 Å². The molecule has 4 rings (SSSR count). The average Bonchev–Trinajstić information content (AvgIpc) is 3.10. The molecular formula is C21H22N4O. The normalized spacial score (nSPS) is 12.4. The number of pyridine rings is 1. The molecule has 132 valence electrons. The highest BCUT2D eigenvalue weighted by molar-refractivity contribution is 6.06. The van der Waals surface area contributed by atoms with Gasteiger partial charge in [-0.1, -0.05) is 30.3 Å². The summed E-state index contributed by atoms with van der Waals surface area (Å²) in [5.74, 6) is 0.800. The van der Waals surface area contributed by atoms with Gasteiger partial charge in [0.1, 0.15) is 5.75 Å². The summed E-state index contributed by atoms with van der Waals surface area (Å²) in [4.78, 5) is 4.84. The molecule has 5 nitrogen and oxygen atoms in total. The number of methoxy groups -OCH3 is 1. The Morgan fingerprint density at radius 1 is 1.12 bits per heavy atom. The van der Waals surface area contributed by atoms with E-state index in [9.17, 15) is 0 Å². The molecule has 0 radical (unpaired) electrons. The molecule has 0 spiro atoms. The molecule has 0 saturated heterocycles. The highest BCUT2D eigenvalue weighted by Gasteiger charge is 2.16. The molecule has 0 amide bonds. The van der Waals surface area contributed by atoms with Gasteiger partial charge in [0.25, 0.3) is 0 Å². The van der Waals surface area contributed by atoms with Gasteiger partial charge >= 0.3 is 0 Å². The van der Waals surface area contributed by atoms with Gasteiger partial charge in [0.05, 0.1) is 29.9 Å². The van der Waals surface area contributed by atoms with Crippen molar-refractivity contribution >= 4 is 27.6 Å². The number of fused-ring (bicyclic) bond motifs is 2. The largest absolute Gasteiger partial charge is 0.497 e. The van der Waals surface area contributed by atoms with Crippen LogP contribution in [-0.2, 0) is 6.54 Å². The van der Waals surface area contributed by atoms with E-state index in [1.54, 1.807) is 7.11 Å². The first kappa shape index (κ1) is 16.4. The fourth-order valence-electron chi connectivity index (χ4n) is 3.30. The molecule has 0 bridgehead atoms. The zero-order valence-electron chi connectivity index (χ0n) is 15.2. The molecule has 1 unspecified atom stereocenters. The third-order valence-electron chi connectivity index (χ3n) is 4.74. The van der Waals surface area contributed by atoms with Crippen LogP contribution < -0.4 is 10.1 Å². The van der Waals surface area contributed by atoms with Crippen molar-refractivity contribution in [3.8, 4) is 5.75 Å². The van der Waals surface area contributed by atoms with E-state index in [0.717, 1.165) is 39.9 Å². The minimum Gasteiger partial charge on any atom is -0.497 e. The van der Waals surface area contributed by atoms with Crippen LogP contribution in [0.5, 0.6) is 5.75 Å². The van der Waals surface area contributed by atoms with E-state index in [1.807, 2.05) is 29.1 Å². The molecule has 26 heavy (non-hydrogen) atoms. The maximum atomic E-state index is 5.38. The molecule has 0 aliphatic heterocycles. The fraction of sp³-hybridized carbons (Fsp3) is 0.238. The Hall–Kier alpha value is -3.08. The van der Waals surface area contributed by atoms with Gasteiger partial charge in [-0.25, -0.2) is 9.67 Å². The Kier molecular flexibility index (Phi) is 4.21. The highest BCUT2D eigenvalue weighted by Crippen LogP contribution is 2.34. The van der Waals surface area contributed by atoms with Crippen LogP contribution in [0.3, 0.4) is 0 Å². The maximum absolute atomic E-state index is 5.38. The second-order valence-corrected chi connectivity index (χ2v) is 6.34. The number of hydrogen-bond donors (Lipinski definition) is 1. The molecule has 2 heterocycles. The SMILES string of the molecule is CCn1ncc2c(NC(C)c3ccccc3)c3ccc(OC)cc3nc21. The van der Waals surface area contributed by atoms with E-state index in [2.05, 4.69) is 54.6 Å². The summed E-state index contributed by atoms with van der Waals surface area (Å²) in [6.45, 7) is 5.02. The third-order valence-corrected chi connectivity index (χ3v) is 4.74. The van der Waals surface area contributed by atoms with Crippen LogP contribution in [0, 0.1) is 0 Å². The van der Waals surface area contributed by atoms with Gasteiger partial charge in [-0.05, 0) is 31.5 Å². The standard InChI is InChI=1S/C21H22N4O/c1-4-25-21-18(13-22-25)20(23-14(2)15-8-6-5-7-9-15)17-11-10-16(26-3)12-19(17)24-21/h5-14H,4H2,1-3H3,(H,23,24). The lowest BCUT2D eigenvalue weighted by Crippen LogP contribution is -2.08. The van der Waals surface area contributed by atoms with Gasteiger partial charge in [-0.3, -0.25) is 0 Å². The Morgan fingerprint density at radius 2 is 1.92 bits per heavy atom. The van der Waals surface area contributed by atoms with E-state index in [-0.39, 0.29) is 6.04 Å². The summed E-state index contributed by atoms with van der Waals surface area (Å²) in [5.41, 5.74) is 4.08. The first-order chi connectivity index (χ1) is 12.7. The number of rotatable bonds is 5. The monoisotopic (exact) mass is 346 g/mol. The van der Waals surface area contributed by atoms with Crippen molar-refractivity contribution in [2.24, 2.45) is 0 Å². The summed E-state index contributed by atoms with van der Waals surface area (Å²) in [6.07, 6.45) is 1.90. The number of ether oxygens (including phenoxy) is 1. The lowest BCUT2D eigenvalue weighted by Gasteiger charge is -2.18. The number of benzene rings is 2. The van der Waals surface area contributed by atoms with Crippen molar-refractivity contribution in [1.82, 2.24) is 14.8 Å². The second-order valence-electron chi connectivity index (χ2n) is 6.34. The Balaban J connectivity index is 1.90. The Labute approximate surface area is 152 Å². The van der Waals surface area contributed by atoms with Gasteiger partial charge < -0.3 is 10.1 Å². The van der Waals surface area contributed by atoms with Crippen LogP contribution in [0.1, 0.15) is 25.5 Å². The fourth-order valence-corrected chi connectivity index (χ4v) is 3.30. The van der Waals surface area contributed by atoms with Crippen LogP contribution in [0.15, 0.2) is 54.7 Å². The predicted molar refractivity (Wildman–Crippen MR) is 106 cm³/mol. The molecule has 1 N–H and O–H groups in total. The summed E-state index contributed by atoms with van der Waals surface area (Å²) >= 11 is 0. The number of nitrogens with zero attached hydrogens (tertiary/aromatic N) is 3. The first-order valence-corrected chi connectivity index (χ1v) is 8.86. The number of nitrogens with one attached hydrogen (secondary N) is 1. The zero-order valence-corrected chi connectivity index (χ0v) is 15.2. The lowest BCUT2D eigenvalue weighted by molar-refractivity contribution is 0.415. The summed E-state index contributed by atoms with van der Waals surface area (Å²) in [5, 5.41) is 10.3. The van der Waals surface area contributed by atoms with Crippen molar-refractivity contribution in [3.05, 3.63) is 60.3 Å². The highest BCUT2D eigenvalue weighted by atomic mass is 16.5. The summed E-state index contributed by atoms with van der Waals surface area (Å²) < 4.78 is 7.30. The second kappa shape index (κ2) is 6.67. The molecule has 4 aromatic rings. The third kappa shape index (κ3) is 2.75. The van der Waals surface area contributed by atoms with Gasteiger partial charge in [-0.15, -0.1) is 0 Å². The first-order valence-electron chi connectivity index (χ1n) is 8.86. The van der Waals surface area contributed by atoms with Crippen LogP contribution in [0.4, 0.5) is 5.69 Å².